The molecule has 1 aromatic heterocycles. The van der Waals surface area contributed by atoms with Gasteiger partial charge in [0.15, 0.2) is 0 Å². The third-order valence-electron chi connectivity index (χ3n) is 4.49. The van der Waals surface area contributed by atoms with Crippen LogP contribution in [0.15, 0.2) is 12.4 Å². The zero-order valence-electron chi connectivity index (χ0n) is 11.9. The summed E-state index contributed by atoms with van der Waals surface area (Å²) in [6.45, 7) is 4.19. The van der Waals surface area contributed by atoms with Gasteiger partial charge in [0.2, 0.25) is 5.91 Å². The van der Waals surface area contributed by atoms with Crippen LogP contribution in [-0.4, -0.2) is 62.9 Å². The van der Waals surface area contributed by atoms with Crippen molar-refractivity contribution in [3.63, 3.8) is 0 Å². The van der Waals surface area contributed by atoms with E-state index in [1.165, 1.54) is 25.7 Å². The molecule has 0 spiro atoms. The minimum Gasteiger partial charge on any atom is -0.340 e. The highest BCUT2D eigenvalue weighted by Gasteiger charge is 2.26. The topological polar surface area (TPSA) is 54.3 Å². The van der Waals surface area contributed by atoms with Gasteiger partial charge in [0.05, 0.1) is 6.20 Å². The summed E-state index contributed by atoms with van der Waals surface area (Å²) in [6.07, 6.45) is 9.85. The van der Waals surface area contributed by atoms with Gasteiger partial charge in [-0.1, -0.05) is 18.1 Å². The Labute approximate surface area is 119 Å². The lowest BCUT2D eigenvalue weighted by Crippen LogP contribution is -2.39. The molecule has 0 N–H and O–H groups in total. The molecule has 1 saturated heterocycles. The molecule has 3 rings (SSSR count). The van der Waals surface area contributed by atoms with Gasteiger partial charge in [-0.3, -0.25) is 9.69 Å². The third-order valence-corrected chi connectivity index (χ3v) is 4.49. The third kappa shape index (κ3) is 3.17. The van der Waals surface area contributed by atoms with E-state index in [1.54, 1.807) is 17.1 Å². The lowest BCUT2D eigenvalue weighted by atomic mass is 10.2. The molecule has 2 heterocycles. The van der Waals surface area contributed by atoms with E-state index in [1.807, 2.05) is 4.90 Å². The summed E-state index contributed by atoms with van der Waals surface area (Å²) in [5.41, 5.74) is 0. The zero-order valence-corrected chi connectivity index (χ0v) is 11.9. The van der Waals surface area contributed by atoms with Crippen molar-refractivity contribution in [2.75, 3.05) is 26.2 Å². The van der Waals surface area contributed by atoms with Crippen LogP contribution in [0.4, 0.5) is 0 Å². The maximum absolute atomic E-state index is 12.3. The van der Waals surface area contributed by atoms with Crippen molar-refractivity contribution in [3.8, 4) is 0 Å². The van der Waals surface area contributed by atoms with Gasteiger partial charge in [0, 0.05) is 38.4 Å². The van der Waals surface area contributed by atoms with Gasteiger partial charge in [-0.05, 0) is 19.3 Å². The molecule has 2 fully saturated rings. The van der Waals surface area contributed by atoms with Crippen molar-refractivity contribution >= 4 is 5.91 Å². The first kappa shape index (κ1) is 13.5. The van der Waals surface area contributed by atoms with Crippen LogP contribution in [0.5, 0.6) is 0 Å². The number of carbonyl (C=O) groups is 1. The summed E-state index contributed by atoms with van der Waals surface area (Å²) < 4.78 is 1.60. The first-order valence-electron chi connectivity index (χ1n) is 7.69. The summed E-state index contributed by atoms with van der Waals surface area (Å²) in [7, 11) is 0. The highest BCUT2D eigenvalue weighted by molar-refractivity contribution is 5.75. The molecule has 2 aliphatic rings. The summed E-state index contributed by atoms with van der Waals surface area (Å²) >= 11 is 0. The molecule has 0 bridgehead atoms. The second kappa shape index (κ2) is 6.35. The lowest BCUT2D eigenvalue weighted by Gasteiger charge is -2.27. The van der Waals surface area contributed by atoms with Gasteiger partial charge >= 0.3 is 0 Å². The molecule has 0 aromatic carbocycles. The molecule has 1 aliphatic carbocycles. The smallest absolute Gasteiger partial charge is 0.244 e. The molecule has 1 aliphatic heterocycles. The van der Waals surface area contributed by atoms with Crippen LogP contribution in [0, 0.1) is 0 Å². The van der Waals surface area contributed by atoms with E-state index in [0.29, 0.717) is 6.54 Å². The van der Waals surface area contributed by atoms with Crippen LogP contribution in [0.1, 0.15) is 32.1 Å². The minimum absolute atomic E-state index is 0.156. The van der Waals surface area contributed by atoms with E-state index >= 15 is 0 Å². The number of hydrogen-bond acceptors (Lipinski definition) is 4. The molecule has 0 unspecified atom stereocenters. The Bertz CT molecular complexity index is 427. The number of aromatic nitrogens is 3. The predicted molar refractivity (Wildman–Crippen MR) is 75.0 cm³/mol. The van der Waals surface area contributed by atoms with Crippen molar-refractivity contribution in [3.05, 3.63) is 12.4 Å². The molecule has 20 heavy (non-hydrogen) atoms. The van der Waals surface area contributed by atoms with Crippen molar-refractivity contribution in [1.29, 1.82) is 0 Å². The van der Waals surface area contributed by atoms with Gasteiger partial charge in [-0.15, -0.1) is 5.10 Å². The molecule has 6 nitrogen and oxygen atoms in total. The number of nitrogens with zero attached hydrogens (tertiary/aromatic N) is 5. The van der Waals surface area contributed by atoms with Crippen molar-refractivity contribution < 1.29 is 4.79 Å². The lowest BCUT2D eigenvalue weighted by molar-refractivity contribution is -0.131. The standard InChI is InChI=1S/C14H23N5O/c20-14(12-19-9-6-15-16-19)18-8-3-7-17(10-11-18)13-4-1-2-5-13/h6,9,13H,1-5,7-8,10-12H2. The molecule has 0 radical (unpaired) electrons. The van der Waals surface area contributed by atoms with Crippen LogP contribution >= 0.6 is 0 Å². The maximum atomic E-state index is 12.3. The quantitative estimate of drug-likeness (QED) is 0.818. The van der Waals surface area contributed by atoms with E-state index < -0.39 is 0 Å². The zero-order chi connectivity index (χ0) is 13.8. The van der Waals surface area contributed by atoms with Crippen LogP contribution in [0.3, 0.4) is 0 Å². The van der Waals surface area contributed by atoms with Crippen LogP contribution < -0.4 is 0 Å². The Morgan fingerprint density at radius 1 is 1.10 bits per heavy atom. The fourth-order valence-electron chi connectivity index (χ4n) is 3.38. The van der Waals surface area contributed by atoms with E-state index in [0.717, 1.165) is 38.6 Å². The molecule has 1 saturated carbocycles. The van der Waals surface area contributed by atoms with E-state index in [9.17, 15) is 4.79 Å². The molecule has 1 amide bonds. The Morgan fingerprint density at radius 2 is 1.95 bits per heavy atom. The number of carbonyl (C=O) groups excluding carboxylic acids is 1. The van der Waals surface area contributed by atoms with Crippen molar-refractivity contribution in [2.24, 2.45) is 0 Å². The van der Waals surface area contributed by atoms with Crippen molar-refractivity contribution in [1.82, 2.24) is 24.8 Å². The minimum atomic E-state index is 0.156. The molecular formula is C14H23N5O. The van der Waals surface area contributed by atoms with Gasteiger partial charge in [0.25, 0.3) is 0 Å². The number of hydrogen-bond donors (Lipinski definition) is 0. The average Bonchev–Trinajstić information content (AvgIpc) is 3.09. The van der Waals surface area contributed by atoms with E-state index in [4.69, 9.17) is 0 Å². The van der Waals surface area contributed by atoms with E-state index in [-0.39, 0.29) is 5.91 Å². The van der Waals surface area contributed by atoms with Gasteiger partial charge in [-0.2, -0.15) is 0 Å². The fraction of sp³-hybridized carbons (Fsp3) is 0.786. The molecular weight excluding hydrogens is 254 g/mol. The van der Waals surface area contributed by atoms with Crippen molar-refractivity contribution in [2.45, 2.75) is 44.7 Å². The summed E-state index contributed by atoms with van der Waals surface area (Å²) in [6, 6.07) is 0.764. The monoisotopic (exact) mass is 277 g/mol. The SMILES string of the molecule is O=C(Cn1ccnn1)N1CCCN(C2CCCC2)CC1. The number of amides is 1. The number of rotatable bonds is 3. The Morgan fingerprint density at radius 3 is 2.70 bits per heavy atom. The van der Waals surface area contributed by atoms with Gasteiger partial charge in [0.1, 0.15) is 6.54 Å². The second-order valence-corrected chi connectivity index (χ2v) is 5.81. The normalized spacial score (nSPS) is 22.1. The van der Waals surface area contributed by atoms with Crippen LogP contribution in [0.2, 0.25) is 0 Å². The molecule has 1 aromatic rings. The molecule has 0 atom stereocenters. The first-order valence-corrected chi connectivity index (χ1v) is 7.69. The Kier molecular flexibility index (Phi) is 4.30. The van der Waals surface area contributed by atoms with Crippen LogP contribution in [0.25, 0.3) is 0 Å². The van der Waals surface area contributed by atoms with Gasteiger partial charge < -0.3 is 4.90 Å². The first-order chi connectivity index (χ1) is 9.83. The highest BCUT2D eigenvalue weighted by atomic mass is 16.2. The highest BCUT2D eigenvalue weighted by Crippen LogP contribution is 2.24. The molecule has 6 heteroatoms. The summed E-state index contributed by atoms with van der Waals surface area (Å²) in [4.78, 5) is 16.8. The summed E-state index contributed by atoms with van der Waals surface area (Å²) in [5, 5.41) is 7.60. The Balaban J connectivity index is 1.52. The largest absolute Gasteiger partial charge is 0.340 e. The van der Waals surface area contributed by atoms with Crippen LogP contribution in [-0.2, 0) is 11.3 Å². The fourth-order valence-corrected chi connectivity index (χ4v) is 3.38. The Hall–Kier alpha value is -1.43. The predicted octanol–water partition coefficient (Wildman–Crippen LogP) is 0.755. The molecule has 110 valence electrons. The second-order valence-electron chi connectivity index (χ2n) is 5.81. The van der Waals surface area contributed by atoms with Gasteiger partial charge in [-0.25, -0.2) is 4.68 Å². The maximum Gasteiger partial charge on any atom is 0.244 e. The van der Waals surface area contributed by atoms with E-state index in [2.05, 4.69) is 15.2 Å². The average molecular weight is 277 g/mol. The summed E-state index contributed by atoms with van der Waals surface area (Å²) in [5.74, 6) is 0.156.